The highest BCUT2D eigenvalue weighted by molar-refractivity contribution is 5.29. The predicted octanol–water partition coefficient (Wildman–Crippen LogP) is 3.21. The third-order valence-electron chi connectivity index (χ3n) is 3.51. The Balaban J connectivity index is 2.06. The minimum absolute atomic E-state index is 0.382. The number of nitrogens with zero attached hydrogens (tertiary/aromatic N) is 1. The summed E-state index contributed by atoms with van der Waals surface area (Å²) in [5.41, 5.74) is 2.08. The van der Waals surface area contributed by atoms with Crippen molar-refractivity contribution in [2.24, 2.45) is 0 Å². The number of rotatable bonds is 4. The molecular formula is C15H24N2O. The Kier molecular flexibility index (Phi) is 5.00. The topological polar surface area (TPSA) is 34.2 Å². The van der Waals surface area contributed by atoms with Gasteiger partial charge in [0.15, 0.2) is 0 Å². The fourth-order valence-electron chi connectivity index (χ4n) is 2.54. The van der Waals surface area contributed by atoms with Crippen molar-refractivity contribution < 1.29 is 4.74 Å². The molecule has 0 amide bonds. The average Bonchev–Trinajstić information content (AvgIpc) is 2.61. The summed E-state index contributed by atoms with van der Waals surface area (Å²) in [6.45, 7) is 2.79. The lowest BCUT2D eigenvalue weighted by Gasteiger charge is -2.19. The summed E-state index contributed by atoms with van der Waals surface area (Å²) < 4.78 is 6.17. The van der Waals surface area contributed by atoms with Gasteiger partial charge in [-0.05, 0) is 51.8 Å². The molecule has 0 saturated heterocycles. The molecule has 0 atom stereocenters. The van der Waals surface area contributed by atoms with E-state index in [1.54, 1.807) is 0 Å². The van der Waals surface area contributed by atoms with E-state index >= 15 is 0 Å². The Hall–Kier alpha value is -1.09. The lowest BCUT2D eigenvalue weighted by molar-refractivity contribution is 0.181. The molecule has 0 unspecified atom stereocenters. The second kappa shape index (κ2) is 6.74. The Morgan fingerprint density at radius 2 is 1.94 bits per heavy atom. The third kappa shape index (κ3) is 3.70. The van der Waals surface area contributed by atoms with Gasteiger partial charge in [-0.1, -0.05) is 12.8 Å². The zero-order valence-electron chi connectivity index (χ0n) is 11.5. The lowest BCUT2D eigenvalue weighted by atomic mass is 10.1. The fraction of sp³-hybridized carbons (Fsp3) is 0.667. The number of ether oxygens (including phenoxy) is 1. The number of hydrogen-bond acceptors (Lipinski definition) is 3. The molecule has 0 spiro atoms. The predicted molar refractivity (Wildman–Crippen MR) is 73.9 cm³/mol. The maximum Gasteiger partial charge on any atom is 0.142 e. The van der Waals surface area contributed by atoms with Gasteiger partial charge in [0.1, 0.15) is 5.75 Å². The van der Waals surface area contributed by atoms with Crippen LogP contribution in [0.1, 0.15) is 49.9 Å². The van der Waals surface area contributed by atoms with E-state index in [9.17, 15) is 0 Å². The summed E-state index contributed by atoms with van der Waals surface area (Å²) in [7, 11) is 1.94. The van der Waals surface area contributed by atoms with Crippen molar-refractivity contribution in [1.29, 1.82) is 0 Å². The van der Waals surface area contributed by atoms with E-state index in [2.05, 4.69) is 16.4 Å². The highest BCUT2D eigenvalue weighted by atomic mass is 16.5. The van der Waals surface area contributed by atoms with Crippen LogP contribution >= 0.6 is 0 Å². The Labute approximate surface area is 110 Å². The van der Waals surface area contributed by atoms with Crippen molar-refractivity contribution >= 4 is 0 Å². The number of pyridine rings is 1. The van der Waals surface area contributed by atoms with E-state index < -0.39 is 0 Å². The summed E-state index contributed by atoms with van der Waals surface area (Å²) in [6, 6.07) is 4.10. The van der Waals surface area contributed by atoms with Crippen molar-refractivity contribution in [3.05, 3.63) is 23.5 Å². The molecule has 1 heterocycles. The van der Waals surface area contributed by atoms with Crippen LogP contribution in [0.25, 0.3) is 0 Å². The minimum Gasteiger partial charge on any atom is -0.488 e. The van der Waals surface area contributed by atoms with Crippen LogP contribution in [0.2, 0.25) is 0 Å². The number of aromatic nitrogens is 1. The molecule has 1 aromatic rings. The molecule has 1 aliphatic carbocycles. The minimum atomic E-state index is 0.382. The third-order valence-corrected chi connectivity index (χ3v) is 3.51. The van der Waals surface area contributed by atoms with Crippen LogP contribution in [0.5, 0.6) is 5.75 Å². The fourth-order valence-corrected chi connectivity index (χ4v) is 2.54. The van der Waals surface area contributed by atoms with Crippen molar-refractivity contribution in [3.8, 4) is 5.75 Å². The average molecular weight is 248 g/mol. The van der Waals surface area contributed by atoms with Crippen molar-refractivity contribution in [2.75, 3.05) is 7.05 Å². The first-order valence-corrected chi connectivity index (χ1v) is 7.07. The molecule has 1 N–H and O–H groups in total. The normalized spacial score (nSPS) is 17.4. The van der Waals surface area contributed by atoms with Gasteiger partial charge in [-0.3, -0.25) is 4.98 Å². The standard InChI is InChI=1S/C15H24N2O/c1-12-9-10-15(14(17-12)11-16-2)18-13-7-5-3-4-6-8-13/h9-10,13,16H,3-8,11H2,1-2H3. The van der Waals surface area contributed by atoms with Crippen LogP contribution in [-0.2, 0) is 6.54 Å². The van der Waals surface area contributed by atoms with Gasteiger partial charge in [0, 0.05) is 12.2 Å². The van der Waals surface area contributed by atoms with Crippen molar-refractivity contribution in [2.45, 2.75) is 58.1 Å². The van der Waals surface area contributed by atoms with Gasteiger partial charge >= 0.3 is 0 Å². The number of nitrogens with one attached hydrogen (secondary N) is 1. The van der Waals surface area contributed by atoms with Gasteiger partial charge in [0.05, 0.1) is 11.8 Å². The second-order valence-corrected chi connectivity index (χ2v) is 5.16. The summed E-state index contributed by atoms with van der Waals surface area (Å²) >= 11 is 0. The summed E-state index contributed by atoms with van der Waals surface area (Å²) in [5.74, 6) is 0.960. The van der Waals surface area contributed by atoms with Crippen molar-refractivity contribution in [3.63, 3.8) is 0 Å². The first-order chi connectivity index (χ1) is 8.79. The Bertz CT molecular complexity index is 371. The number of aryl methyl sites for hydroxylation is 1. The molecule has 2 rings (SSSR count). The van der Waals surface area contributed by atoms with Gasteiger partial charge < -0.3 is 10.1 Å². The zero-order chi connectivity index (χ0) is 12.8. The zero-order valence-corrected chi connectivity index (χ0v) is 11.5. The molecule has 1 aromatic heterocycles. The van der Waals surface area contributed by atoms with E-state index in [0.29, 0.717) is 6.10 Å². The maximum absolute atomic E-state index is 6.17. The molecule has 3 heteroatoms. The van der Waals surface area contributed by atoms with Gasteiger partial charge in [-0.25, -0.2) is 0 Å². The van der Waals surface area contributed by atoms with E-state index in [1.807, 2.05) is 20.0 Å². The lowest BCUT2D eigenvalue weighted by Crippen LogP contribution is -2.18. The van der Waals surface area contributed by atoms with Gasteiger partial charge in [0.25, 0.3) is 0 Å². The molecule has 0 aromatic carbocycles. The summed E-state index contributed by atoms with van der Waals surface area (Å²) in [5, 5.41) is 3.16. The van der Waals surface area contributed by atoms with E-state index in [1.165, 1.54) is 38.5 Å². The van der Waals surface area contributed by atoms with Gasteiger partial charge in [-0.15, -0.1) is 0 Å². The first-order valence-electron chi connectivity index (χ1n) is 7.07. The molecule has 3 nitrogen and oxygen atoms in total. The molecule has 0 aliphatic heterocycles. The molecule has 1 saturated carbocycles. The van der Waals surface area contributed by atoms with Crippen LogP contribution in [0.15, 0.2) is 12.1 Å². The van der Waals surface area contributed by atoms with E-state index in [0.717, 1.165) is 23.7 Å². The summed E-state index contributed by atoms with van der Waals surface area (Å²) in [6.07, 6.45) is 8.06. The maximum atomic E-state index is 6.17. The van der Waals surface area contributed by atoms with Crippen LogP contribution in [0, 0.1) is 6.92 Å². The van der Waals surface area contributed by atoms with E-state index in [-0.39, 0.29) is 0 Å². The van der Waals surface area contributed by atoms with Crippen LogP contribution in [0.4, 0.5) is 0 Å². The number of hydrogen-bond donors (Lipinski definition) is 1. The quantitative estimate of drug-likeness (QED) is 0.831. The van der Waals surface area contributed by atoms with Gasteiger partial charge in [-0.2, -0.15) is 0 Å². The first kappa shape index (κ1) is 13.3. The van der Waals surface area contributed by atoms with Crippen LogP contribution in [-0.4, -0.2) is 18.1 Å². The molecule has 18 heavy (non-hydrogen) atoms. The largest absolute Gasteiger partial charge is 0.488 e. The van der Waals surface area contributed by atoms with Crippen molar-refractivity contribution in [1.82, 2.24) is 10.3 Å². The molecule has 100 valence electrons. The Morgan fingerprint density at radius 3 is 2.61 bits per heavy atom. The highest BCUT2D eigenvalue weighted by Gasteiger charge is 2.15. The molecular weight excluding hydrogens is 224 g/mol. The van der Waals surface area contributed by atoms with Crippen LogP contribution in [0.3, 0.4) is 0 Å². The highest BCUT2D eigenvalue weighted by Crippen LogP contribution is 2.25. The molecule has 0 bridgehead atoms. The van der Waals surface area contributed by atoms with Crippen LogP contribution < -0.4 is 10.1 Å². The second-order valence-electron chi connectivity index (χ2n) is 5.16. The smallest absolute Gasteiger partial charge is 0.142 e. The summed E-state index contributed by atoms with van der Waals surface area (Å²) in [4.78, 5) is 4.56. The molecule has 1 fully saturated rings. The monoisotopic (exact) mass is 248 g/mol. The van der Waals surface area contributed by atoms with Gasteiger partial charge in [0.2, 0.25) is 0 Å². The molecule has 0 radical (unpaired) electrons. The Morgan fingerprint density at radius 1 is 1.22 bits per heavy atom. The SMILES string of the molecule is CNCc1nc(C)ccc1OC1CCCCCC1. The molecule has 1 aliphatic rings. The van der Waals surface area contributed by atoms with E-state index in [4.69, 9.17) is 4.74 Å².